The summed E-state index contributed by atoms with van der Waals surface area (Å²) in [6, 6.07) is 3.89. The van der Waals surface area contributed by atoms with Crippen LogP contribution in [0.5, 0.6) is 0 Å². The number of hydrogen-bond donors (Lipinski definition) is 0. The molecule has 0 bridgehead atoms. The average Bonchev–Trinajstić information content (AvgIpc) is 2.84. The average molecular weight is 195 g/mol. The standard InChI is InChI=1S/C11H17NO2/c1-2-3-6-12-7-9-14-11(12)10-5-4-8-13-10/h4-5,8,11H,2-3,6-7,9H2,1H3. The molecule has 0 saturated carbocycles. The van der Waals surface area contributed by atoms with Gasteiger partial charge in [-0.3, -0.25) is 4.90 Å². The van der Waals surface area contributed by atoms with E-state index in [-0.39, 0.29) is 6.23 Å². The third-order valence-corrected chi connectivity index (χ3v) is 2.57. The van der Waals surface area contributed by atoms with Gasteiger partial charge >= 0.3 is 0 Å². The lowest BCUT2D eigenvalue weighted by molar-refractivity contribution is 0.0150. The minimum Gasteiger partial charge on any atom is -0.465 e. The SMILES string of the molecule is CCCCN1CCOC1c1ccco1. The molecule has 1 atom stereocenters. The van der Waals surface area contributed by atoms with Crippen LogP contribution in [0.15, 0.2) is 22.8 Å². The maximum Gasteiger partial charge on any atom is 0.169 e. The molecule has 78 valence electrons. The van der Waals surface area contributed by atoms with E-state index in [0.717, 1.165) is 25.5 Å². The quantitative estimate of drug-likeness (QED) is 0.737. The maximum absolute atomic E-state index is 5.64. The lowest BCUT2D eigenvalue weighted by atomic mass is 10.3. The molecular weight excluding hydrogens is 178 g/mol. The molecule has 1 aliphatic heterocycles. The lowest BCUT2D eigenvalue weighted by Crippen LogP contribution is -2.24. The number of unbranched alkanes of at least 4 members (excludes halogenated alkanes) is 1. The highest BCUT2D eigenvalue weighted by Crippen LogP contribution is 2.26. The Hall–Kier alpha value is -0.800. The Balaban J connectivity index is 1.97. The summed E-state index contributed by atoms with van der Waals surface area (Å²) in [5, 5.41) is 0. The van der Waals surface area contributed by atoms with Crippen molar-refractivity contribution in [2.75, 3.05) is 19.7 Å². The molecule has 1 unspecified atom stereocenters. The van der Waals surface area contributed by atoms with Gasteiger partial charge in [0.15, 0.2) is 6.23 Å². The fourth-order valence-electron chi connectivity index (χ4n) is 1.79. The van der Waals surface area contributed by atoms with Crippen molar-refractivity contribution in [3.63, 3.8) is 0 Å². The van der Waals surface area contributed by atoms with E-state index >= 15 is 0 Å². The normalized spacial score (nSPS) is 23.1. The molecule has 2 heterocycles. The van der Waals surface area contributed by atoms with Crippen molar-refractivity contribution in [1.82, 2.24) is 4.90 Å². The van der Waals surface area contributed by atoms with E-state index < -0.39 is 0 Å². The number of furan rings is 1. The van der Waals surface area contributed by atoms with E-state index in [1.54, 1.807) is 6.26 Å². The van der Waals surface area contributed by atoms with Gasteiger partial charge in [0.2, 0.25) is 0 Å². The number of ether oxygens (including phenoxy) is 1. The molecule has 0 aromatic carbocycles. The van der Waals surface area contributed by atoms with Gasteiger partial charge in [-0.1, -0.05) is 13.3 Å². The van der Waals surface area contributed by atoms with E-state index in [4.69, 9.17) is 9.15 Å². The zero-order valence-corrected chi connectivity index (χ0v) is 8.61. The Morgan fingerprint density at radius 1 is 1.57 bits per heavy atom. The topological polar surface area (TPSA) is 25.6 Å². The van der Waals surface area contributed by atoms with E-state index in [1.807, 2.05) is 12.1 Å². The molecule has 1 aromatic heterocycles. The fourth-order valence-corrected chi connectivity index (χ4v) is 1.79. The molecule has 14 heavy (non-hydrogen) atoms. The number of hydrogen-bond acceptors (Lipinski definition) is 3. The summed E-state index contributed by atoms with van der Waals surface area (Å²) in [5.41, 5.74) is 0. The molecule has 0 N–H and O–H groups in total. The predicted molar refractivity (Wildman–Crippen MR) is 53.9 cm³/mol. The minimum atomic E-state index is 0.0524. The molecule has 0 spiro atoms. The summed E-state index contributed by atoms with van der Waals surface area (Å²) in [4.78, 5) is 2.34. The summed E-state index contributed by atoms with van der Waals surface area (Å²) >= 11 is 0. The van der Waals surface area contributed by atoms with Crippen LogP contribution in [0.4, 0.5) is 0 Å². The molecular formula is C11H17NO2. The van der Waals surface area contributed by atoms with Crippen LogP contribution in [-0.2, 0) is 4.74 Å². The molecule has 0 radical (unpaired) electrons. The zero-order chi connectivity index (χ0) is 9.80. The van der Waals surface area contributed by atoms with Crippen molar-refractivity contribution in [3.8, 4) is 0 Å². The van der Waals surface area contributed by atoms with Crippen LogP contribution in [0.2, 0.25) is 0 Å². The Morgan fingerprint density at radius 3 is 3.21 bits per heavy atom. The zero-order valence-electron chi connectivity index (χ0n) is 8.61. The molecule has 1 aromatic rings. The highest BCUT2D eigenvalue weighted by atomic mass is 16.5. The molecule has 2 rings (SSSR count). The molecule has 1 fully saturated rings. The van der Waals surface area contributed by atoms with Crippen molar-refractivity contribution in [1.29, 1.82) is 0 Å². The lowest BCUT2D eigenvalue weighted by Gasteiger charge is -2.20. The fraction of sp³-hybridized carbons (Fsp3) is 0.636. The first-order valence-corrected chi connectivity index (χ1v) is 5.31. The summed E-state index contributed by atoms with van der Waals surface area (Å²) in [7, 11) is 0. The predicted octanol–water partition coefficient (Wildman–Crippen LogP) is 2.41. The monoisotopic (exact) mass is 195 g/mol. The second-order valence-electron chi connectivity index (χ2n) is 3.63. The third-order valence-electron chi connectivity index (χ3n) is 2.57. The second kappa shape index (κ2) is 4.62. The van der Waals surface area contributed by atoms with Crippen molar-refractivity contribution < 1.29 is 9.15 Å². The number of nitrogens with zero attached hydrogens (tertiary/aromatic N) is 1. The first-order chi connectivity index (χ1) is 6.92. The highest BCUT2D eigenvalue weighted by Gasteiger charge is 2.27. The second-order valence-corrected chi connectivity index (χ2v) is 3.63. The Morgan fingerprint density at radius 2 is 2.50 bits per heavy atom. The maximum atomic E-state index is 5.64. The summed E-state index contributed by atoms with van der Waals surface area (Å²) in [6.45, 7) is 5.14. The first kappa shape index (κ1) is 9.74. The molecule has 3 heteroatoms. The van der Waals surface area contributed by atoms with Crippen LogP contribution in [0.3, 0.4) is 0 Å². The Bertz CT molecular complexity index is 258. The van der Waals surface area contributed by atoms with Crippen molar-refractivity contribution in [3.05, 3.63) is 24.2 Å². The molecule has 1 saturated heterocycles. The molecule has 1 aliphatic rings. The van der Waals surface area contributed by atoms with E-state index in [2.05, 4.69) is 11.8 Å². The molecule has 0 aliphatic carbocycles. The third kappa shape index (κ3) is 1.99. The van der Waals surface area contributed by atoms with Crippen molar-refractivity contribution in [2.45, 2.75) is 26.0 Å². The van der Waals surface area contributed by atoms with Crippen LogP contribution >= 0.6 is 0 Å². The first-order valence-electron chi connectivity index (χ1n) is 5.31. The summed E-state index contributed by atoms with van der Waals surface area (Å²) in [6.07, 6.45) is 4.20. The van der Waals surface area contributed by atoms with Crippen LogP contribution in [-0.4, -0.2) is 24.6 Å². The van der Waals surface area contributed by atoms with Gasteiger partial charge in [0.1, 0.15) is 5.76 Å². The van der Waals surface area contributed by atoms with Crippen molar-refractivity contribution >= 4 is 0 Å². The molecule has 0 amide bonds. The summed E-state index contributed by atoms with van der Waals surface area (Å²) in [5.74, 6) is 0.929. The summed E-state index contributed by atoms with van der Waals surface area (Å²) < 4.78 is 11.0. The van der Waals surface area contributed by atoms with Crippen LogP contribution < -0.4 is 0 Å². The van der Waals surface area contributed by atoms with Gasteiger partial charge < -0.3 is 9.15 Å². The smallest absolute Gasteiger partial charge is 0.169 e. The van der Waals surface area contributed by atoms with Gasteiger partial charge in [-0.25, -0.2) is 0 Å². The van der Waals surface area contributed by atoms with E-state index in [1.165, 1.54) is 12.8 Å². The van der Waals surface area contributed by atoms with Crippen LogP contribution in [0, 0.1) is 0 Å². The van der Waals surface area contributed by atoms with E-state index in [0.29, 0.717) is 0 Å². The highest BCUT2D eigenvalue weighted by molar-refractivity contribution is 5.03. The van der Waals surface area contributed by atoms with Gasteiger partial charge in [-0.15, -0.1) is 0 Å². The van der Waals surface area contributed by atoms with Gasteiger partial charge in [0.25, 0.3) is 0 Å². The van der Waals surface area contributed by atoms with Crippen LogP contribution in [0.25, 0.3) is 0 Å². The van der Waals surface area contributed by atoms with Gasteiger partial charge in [0, 0.05) is 13.1 Å². The Labute approximate surface area is 84.6 Å². The van der Waals surface area contributed by atoms with E-state index in [9.17, 15) is 0 Å². The van der Waals surface area contributed by atoms with Crippen LogP contribution in [0.1, 0.15) is 31.8 Å². The molecule has 3 nitrogen and oxygen atoms in total. The minimum absolute atomic E-state index is 0.0524. The van der Waals surface area contributed by atoms with Crippen molar-refractivity contribution in [2.24, 2.45) is 0 Å². The number of rotatable bonds is 4. The van der Waals surface area contributed by atoms with Gasteiger partial charge in [-0.05, 0) is 18.6 Å². The Kier molecular flexibility index (Phi) is 3.22. The van der Waals surface area contributed by atoms with Gasteiger partial charge in [-0.2, -0.15) is 0 Å². The largest absolute Gasteiger partial charge is 0.465 e. The van der Waals surface area contributed by atoms with Gasteiger partial charge in [0.05, 0.1) is 12.9 Å².